The highest BCUT2D eigenvalue weighted by Crippen LogP contribution is 2.20. The molecule has 104 valence electrons. The van der Waals surface area contributed by atoms with Crippen molar-refractivity contribution in [1.29, 1.82) is 0 Å². The molecule has 0 aliphatic rings. The fraction of sp³-hybridized carbons (Fsp3) is 0.533. The van der Waals surface area contributed by atoms with Gasteiger partial charge >= 0.3 is 0 Å². The largest absolute Gasteiger partial charge is 0.306 e. The van der Waals surface area contributed by atoms with Crippen molar-refractivity contribution in [3.63, 3.8) is 0 Å². The van der Waals surface area contributed by atoms with Gasteiger partial charge in [0.15, 0.2) is 0 Å². The molecule has 0 aliphatic heterocycles. The van der Waals surface area contributed by atoms with Crippen LogP contribution in [0.25, 0.3) is 5.65 Å². The summed E-state index contributed by atoms with van der Waals surface area (Å²) < 4.78 is 1.98. The summed E-state index contributed by atoms with van der Waals surface area (Å²) in [7, 11) is 0. The number of nitrogens with one attached hydrogen (secondary N) is 1. The van der Waals surface area contributed by atoms with Gasteiger partial charge in [0.25, 0.3) is 0 Å². The molecule has 0 radical (unpaired) electrons. The van der Waals surface area contributed by atoms with E-state index in [0.29, 0.717) is 0 Å². The van der Waals surface area contributed by atoms with Crippen molar-refractivity contribution in [2.75, 3.05) is 0 Å². The predicted octanol–water partition coefficient (Wildman–Crippen LogP) is 4.05. The van der Waals surface area contributed by atoms with Crippen LogP contribution in [0.4, 0.5) is 0 Å². The van der Waals surface area contributed by atoms with Crippen LogP contribution in [0.2, 0.25) is 5.02 Å². The van der Waals surface area contributed by atoms with Gasteiger partial charge in [-0.25, -0.2) is 4.98 Å². The Morgan fingerprint density at radius 2 is 1.84 bits per heavy atom. The monoisotopic (exact) mass is 279 g/mol. The molecule has 2 heterocycles. The molecule has 3 nitrogen and oxygen atoms in total. The van der Waals surface area contributed by atoms with Gasteiger partial charge in [-0.1, -0.05) is 32.4 Å². The van der Waals surface area contributed by atoms with Crippen molar-refractivity contribution in [2.24, 2.45) is 0 Å². The standard InChI is InChI=1S/C15H22ClN3/c1-4-15(5-2,6-3)17-9-13-11-19-10-12(16)7-8-14(19)18-13/h7-8,10-11,17H,4-6,9H2,1-3H3. The van der Waals surface area contributed by atoms with Gasteiger partial charge in [-0.2, -0.15) is 0 Å². The lowest BCUT2D eigenvalue weighted by atomic mass is 9.90. The molecule has 0 aliphatic carbocycles. The molecule has 0 bridgehead atoms. The normalized spacial score (nSPS) is 12.2. The minimum Gasteiger partial charge on any atom is -0.306 e. The average Bonchev–Trinajstić information content (AvgIpc) is 2.83. The van der Waals surface area contributed by atoms with Crippen LogP contribution < -0.4 is 5.32 Å². The van der Waals surface area contributed by atoms with Gasteiger partial charge < -0.3 is 9.72 Å². The van der Waals surface area contributed by atoms with Gasteiger partial charge in [0, 0.05) is 24.5 Å². The summed E-state index contributed by atoms with van der Waals surface area (Å²) in [6.07, 6.45) is 7.34. The van der Waals surface area contributed by atoms with Crippen LogP contribution in [0, 0.1) is 0 Å². The number of hydrogen-bond donors (Lipinski definition) is 1. The van der Waals surface area contributed by atoms with Crippen molar-refractivity contribution >= 4 is 17.2 Å². The molecule has 2 aromatic heterocycles. The number of hydrogen-bond acceptors (Lipinski definition) is 2. The molecule has 0 spiro atoms. The lowest BCUT2D eigenvalue weighted by Gasteiger charge is -2.31. The molecule has 1 N–H and O–H groups in total. The predicted molar refractivity (Wildman–Crippen MR) is 80.6 cm³/mol. The summed E-state index contributed by atoms with van der Waals surface area (Å²) in [5.41, 5.74) is 2.23. The Bertz CT molecular complexity index is 535. The van der Waals surface area contributed by atoms with E-state index in [1.165, 1.54) is 0 Å². The molecule has 0 fully saturated rings. The highest BCUT2D eigenvalue weighted by atomic mass is 35.5. The van der Waals surface area contributed by atoms with E-state index in [2.05, 4.69) is 31.1 Å². The van der Waals surface area contributed by atoms with Crippen molar-refractivity contribution in [3.8, 4) is 0 Å². The van der Waals surface area contributed by atoms with Crippen LogP contribution in [0.1, 0.15) is 45.7 Å². The number of aromatic nitrogens is 2. The maximum atomic E-state index is 5.98. The Balaban J connectivity index is 2.13. The summed E-state index contributed by atoms with van der Waals surface area (Å²) in [6, 6.07) is 3.81. The third kappa shape index (κ3) is 3.10. The third-order valence-electron chi connectivity index (χ3n) is 4.14. The Morgan fingerprint density at radius 1 is 1.16 bits per heavy atom. The number of pyridine rings is 1. The summed E-state index contributed by atoms with van der Waals surface area (Å²) >= 11 is 5.98. The smallest absolute Gasteiger partial charge is 0.137 e. The first-order valence-corrected chi connectivity index (χ1v) is 7.38. The van der Waals surface area contributed by atoms with Gasteiger partial charge in [-0.3, -0.25) is 0 Å². The Morgan fingerprint density at radius 3 is 2.47 bits per heavy atom. The topological polar surface area (TPSA) is 29.3 Å². The molecule has 2 rings (SSSR count). The fourth-order valence-electron chi connectivity index (χ4n) is 2.51. The van der Waals surface area contributed by atoms with E-state index < -0.39 is 0 Å². The molecular weight excluding hydrogens is 258 g/mol. The SMILES string of the molecule is CCC(CC)(CC)NCc1cn2cc(Cl)ccc2n1. The zero-order valence-corrected chi connectivity index (χ0v) is 12.7. The van der Waals surface area contributed by atoms with Crippen molar-refractivity contribution in [3.05, 3.63) is 35.2 Å². The number of fused-ring (bicyclic) bond motifs is 1. The molecule has 2 aromatic rings. The van der Waals surface area contributed by atoms with E-state index in [1.807, 2.05) is 28.9 Å². The molecular formula is C15H22ClN3. The molecule has 0 amide bonds. The van der Waals surface area contributed by atoms with E-state index in [4.69, 9.17) is 11.6 Å². The van der Waals surface area contributed by atoms with Crippen LogP contribution in [0.15, 0.2) is 24.5 Å². The quantitative estimate of drug-likeness (QED) is 0.864. The van der Waals surface area contributed by atoms with Crippen LogP contribution in [0.5, 0.6) is 0 Å². The minimum absolute atomic E-state index is 0.230. The van der Waals surface area contributed by atoms with E-state index in [9.17, 15) is 0 Å². The van der Waals surface area contributed by atoms with Gasteiger partial charge in [-0.15, -0.1) is 0 Å². The van der Waals surface area contributed by atoms with Crippen LogP contribution >= 0.6 is 11.6 Å². The van der Waals surface area contributed by atoms with E-state index in [-0.39, 0.29) is 5.54 Å². The van der Waals surface area contributed by atoms with Gasteiger partial charge in [0.2, 0.25) is 0 Å². The average molecular weight is 280 g/mol. The van der Waals surface area contributed by atoms with Crippen molar-refractivity contribution < 1.29 is 0 Å². The number of rotatable bonds is 6. The van der Waals surface area contributed by atoms with Gasteiger partial charge in [0.05, 0.1) is 10.7 Å². The molecule has 0 atom stereocenters. The fourth-order valence-corrected chi connectivity index (χ4v) is 2.67. The van der Waals surface area contributed by atoms with Crippen LogP contribution in [-0.2, 0) is 6.54 Å². The summed E-state index contributed by atoms with van der Waals surface area (Å²) in [6.45, 7) is 7.52. The molecule has 0 aromatic carbocycles. The first-order valence-electron chi connectivity index (χ1n) is 7.00. The van der Waals surface area contributed by atoms with E-state index in [0.717, 1.165) is 42.2 Å². The molecule has 0 unspecified atom stereocenters. The van der Waals surface area contributed by atoms with Gasteiger partial charge in [0.1, 0.15) is 5.65 Å². The van der Waals surface area contributed by atoms with Crippen molar-refractivity contribution in [1.82, 2.24) is 14.7 Å². The first-order chi connectivity index (χ1) is 9.12. The van der Waals surface area contributed by atoms with Crippen molar-refractivity contribution in [2.45, 2.75) is 52.1 Å². The summed E-state index contributed by atoms with van der Waals surface area (Å²) in [5, 5.41) is 4.40. The Labute approximate surface area is 120 Å². The number of imidazole rings is 1. The zero-order valence-electron chi connectivity index (χ0n) is 11.9. The van der Waals surface area contributed by atoms with Crippen LogP contribution in [0.3, 0.4) is 0 Å². The van der Waals surface area contributed by atoms with Gasteiger partial charge in [-0.05, 0) is 31.4 Å². The Kier molecular flexibility index (Phi) is 4.48. The molecule has 19 heavy (non-hydrogen) atoms. The Hall–Kier alpha value is -1.06. The second-order valence-corrected chi connectivity index (χ2v) is 5.48. The molecule has 0 saturated carbocycles. The zero-order chi connectivity index (χ0) is 13.9. The lowest BCUT2D eigenvalue weighted by molar-refractivity contribution is 0.287. The molecule has 0 saturated heterocycles. The summed E-state index contributed by atoms with van der Waals surface area (Å²) in [5.74, 6) is 0. The number of halogens is 1. The second-order valence-electron chi connectivity index (χ2n) is 5.04. The maximum absolute atomic E-state index is 5.98. The highest BCUT2D eigenvalue weighted by molar-refractivity contribution is 6.30. The summed E-state index contributed by atoms with van der Waals surface area (Å²) in [4.78, 5) is 4.60. The first kappa shape index (κ1) is 14.4. The van der Waals surface area contributed by atoms with Crippen LogP contribution in [-0.4, -0.2) is 14.9 Å². The third-order valence-corrected chi connectivity index (χ3v) is 4.36. The maximum Gasteiger partial charge on any atom is 0.137 e. The second kappa shape index (κ2) is 5.93. The highest BCUT2D eigenvalue weighted by Gasteiger charge is 2.22. The van der Waals surface area contributed by atoms with E-state index >= 15 is 0 Å². The lowest BCUT2D eigenvalue weighted by Crippen LogP contribution is -2.43. The number of nitrogens with zero attached hydrogens (tertiary/aromatic N) is 2. The molecule has 4 heteroatoms. The minimum atomic E-state index is 0.230. The van der Waals surface area contributed by atoms with E-state index in [1.54, 1.807) is 0 Å².